The molecule has 1 aromatic heterocycles. The molecule has 3 nitrogen and oxygen atoms in total. The third kappa shape index (κ3) is 5.17. The maximum absolute atomic E-state index is 12.2. The van der Waals surface area contributed by atoms with Crippen LogP contribution in [0.2, 0.25) is 0 Å². The fourth-order valence-corrected chi connectivity index (χ4v) is 5.59. The van der Waals surface area contributed by atoms with Crippen LogP contribution in [-0.2, 0) is 5.60 Å². The summed E-state index contributed by atoms with van der Waals surface area (Å²) >= 11 is 5.03. The minimum Gasteiger partial charge on any atom is -0.380 e. The molecule has 3 aromatic rings. The summed E-state index contributed by atoms with van der Waals surface area (Å²) in [5, 5.41) is 14.0. The summed E-state index contributed by atoms with van der Waals surface area (Å²) in [6.07, 6.45) is 3.35. The highest BCUT2D eigenvalue weighted by Gasteiger charge is 2.41. The van der Waals surface area contributed by atoms with Crippen LogP contribution in [0.4, 0.5) is 0 Å². The van der Waals surface area contributed by atoms with Gasteiger partial charge in [0.1, 0.15) is 5.60 Å². The standard InChI is InChI=1S/C26H28BrNO2S/c27-23-12-10-21(11-13-23)26(30,20-6-2-1-3-7-20)22-14-17-28(18-15-22)16-4-8-24(29)25-9-5-19-31-25/h1-3,5-7,9-13,19,22,30H,4,8,14-18H2. The zero-order chi connectivity index (χ0) is 21.7. The Morgan fingerprint density at radius 3 is 2.32 bits per heavy atom. The molecular formula is C26H28BrNO2S. The second kappa shape index (κ2) is 10.2. The molecule has 1 atom stereocenters. The van der Waals surface area contributed by atoms with Gasteiger partial charge in [-0.2, -0.15) is 0 Å². The monoisotopic (exact) mass is 497 g/mol. The highest BCUT2D eigenvalue weighted by Crippen LogP contribution is 2.42. The van der Waals surface area contributed by atoms with Crippen molar-refractivity contribution in [3.63, 3.8) is 0 Å². The number of hydrogen-bond acceptors (Lipinski definition) is 4. The Bertz CT molecular complexity index is 966. The lowest BCUT2D eigenvalue weighted by Crippen LogP contribution is -2.44. The Labute approximate surface area is 196 Å². The molecule has 0 spiro atoms. The average Bonchev–Trinajstić information content (AvgIpc) is 3.35. The van der Waals surface area contributed by atoms with Crippen molar-refractivity contribution < 1.29 is 9.90 Å². The van der Waals surface area contributed by atoms with Gasteiger partial charge in [-0.15, -0.1) is 11.3 Å². The van der Waals surface area contributed by atoms with Gasteiger partial charge in [0.25, 0.3) is 0 Å². The van der Waals surface area contributed by atoms with Crippen molar-refractivity contribution in [1.82, 2.24) is 4.90 Å². The number of nitrogens with zero attached hydrogens (tertiary/aromatic N) is 1. The number of hydrogen-bond donors (Lipinski definition) is 1. The molecule has 162 valence electrons. The number of benzene rings is 2. The fourth-order valence-electron chi connectivity index (χ4n) is 4.63. The van der Waals surface area contributed by atoms with E-state index < -0.39 is 5.60 Å². The van der Waals surface area contributed by atoms with Crippen LogP contribution in [-0.4, -0.2) is 35.4 Å². The second-order valence-electron chi connectivity index (χ2n) is 8.26. The number of ketones is 1. The number of likely N-dealkylation sites (tertiary alicyclic amines) is 1. The van der Waals surface area contributed by atoms with E-state index in [1.54, 1.807) is 0 Å². The summed E-state index contributed by atoms with van der Waals surface area (Å²) in [6.45, 7) is 2.83. The minimum absolute atomic E-state index is 0.153. The maximum Gasteiger partial charge on any atom is 0.172 e. The first-order valence-corrected chi connectivity index (χ1v) is 12.6. The first-order valence-electron chi connectivity index (χ1n) is 10.9. The summed E-state index contributed by atoms with van der Waals surface area (Å²) < 4.78 is 1.01. The summed E-state index contributed by atoms with van der Waals surface area (Å²) in [6, 6.07) is 22.0. The van der Waals surface area contributed by atoms with E-state index in [1.165, 1.54) is 11.3 Å². The molecule has 2 aromatic carbocycles. The quantitative estimate of drug-likeness (QED) is 0.381. The lowest BCUT2D eigenvalue weighted by atomic mass is 9.72. The smallest absolute Gasteiger partial charge is 0.172 e. The van der Waals surface area contributed by atoms with E-state index in [1.807, 2.05) is 72.1 Å². The molecule has 1 unspecified atom stereocenters. The van der Waals surface area contributed by atoms with Crippen molar-refractivity contribution in [2.24, 2.45) is 5.92 Å². The van der Waals surface area contributed by atoms with Crippen LogP contribution in [0.1, 0.15) is 46.5 Å². The molecule has 4 rings (SSSR count). The van der Waals surface area contributed by atoms with Crippen LogP contribution in [0.25, 0.3) is 0 Å². The summed E-state index contributed by atoms with van der Waals surface area (Å²) in [5.41, 5.74) is 0.905. The van der Waals surface area contributed by atoms with E-state index in [-0.39, 0.29) is 11.7 Å². The van der Waals surface area contributed by atoms with Gasteiger partial charge >= 0.3 is 0 Å². The van der Waals surface area contributed by atoms with Gasteiger partial charge in [-0.1, -0.05) is 64.5 Å². The van der Waals surface area contributed by atoms with Crippen LogP contribution >= 0.6 is 27.3 Å². The van der Waals surface area contributed by atoms with E-state index >= 15 is 0 Å². The SMILES string of the molecule is O=C(CCCN1CCC(C(O)(c2ccccc2)c2ccc(Br)cc2)CC1)c1cccs1. The Hall–Kier alpha value is -1.79. The Kier molecular flexibility index (Phi) is 7.39. The number of carbonyl (C=O) groups excluding carboxylic acids is 1. The number of piperidine rings is 1. The highest BCUT2D eigenvalue weighted by molar-refractivity contribution is 9.10. The van der Waals surface area contributed by atoms with Gasteiger partial charge in [0.05, 0.1) is 4.88 Å². The van der Waals surface area contributed by atoms with Gasteiger partial charge in [0, 0.05) is 10.9 Å². The molecule has 1 N–H and O–H groups in total. The van der Waals surface area contributed by atoms with Crippen LogP contribution in [0, 0.1) is 5.92 Å². The van der Waals surface area contributed by atoms with Crippen LogP contribution < -0.4 is 0 Å². The molecule has 1 aliphatic rings. The van der Waals surface area contributed by atoms with E-state index in [4.69, 9.17) is 0 Å². The molecule has 1 fully saturated rings. The molecule has 5 heteroatoms. The third-order valence-electron chi connectivity index (χ3n) is 6.35. The van der Waals surface area contributed by atoms with E-state index in [0.29, 0.717) is 6.42 Å². The van der Waals surface area contributed by atoms with E-state index in [9.17, 15) is 9.90 Å². The summed E-state index contributed by atoms with van der Waals surface area (Å²) in [5.74, 6) is 0.402. The fraction of sp³-hybridized carbons (Fsp3) is 0.346. The summed E-state index contributed by atoms with van der Waals surface area (Å²) in [7, 11) is 0. The highest BCUT2D eigenvalue weighted by atomic mass is 79.9. The molecule has 2 heterocycles. The van der Waals surface area contributed by atoms with E-state index in [0.717, 1.165) is 59.4 Å². The van der Waals surface area contributed by atoms with Crippen molar-refractivity contribution in [1.29, 1.82) is 0 Å². The van der Waals surface area contributed by atoms with Crippen molar-refractivity contribution in [3.8, 4) is 0 Å². The molecule has 31 heavy (non-hydrogen) atoms. The molecule has 0 bridgehead atoms. The van der Waals surface area contributed by atoms with Crippen molar-refractivity contribution in [2.75, 3.05) is 19.6 Å². The number of rotatable bonds is 8. The van der Waals surface area contributed by atoms with Crippen molar-refractivity contribution in [2.45, 2.75) is 31.3 Å². The van der Waals surface area contributed by atoms with Crippen LogP contribution in [0.5, 0.6) is 0 Å². The normalized spacial score (nSPS) is 17.4. The zero-order valence-corrected chi connectivity index (χ0v) is 19.9. The summed E-state index contributed by atoms with van der Waals surface area (Å²) in [4.78, 5) is 15.5. The molecule has 0 radical (unpaired) electrons. The first-order chi connectivity index (χ1) is 15.1. The van der Waals surface area contributed by atoms with Gasteiger partial charge in [0.2, 0.25) is 0 Å². The Morgan fingerprint density at radius 2 is 1.68 bits per heavy atom. The Balaban J connectivity index is 1.40. The Morgan fingerprint density at radius 1 is 1.00 bits per heavy atom. The lowest BCUT2D eigenvalue weighted by Gasteiger charge is -2.42. The van der Waals surface area contributed by atoms with Crippen molar-refractivity contribution >= 4 is 33.0 Å². The number of Topliss-reactive ketones (excluding diaryl/α,β-unsaturated/α-hetero) is 1. The van der Waals surface area contributed by atoms with Gasteiger partial charge < -0.3 is 10.0 Å². The number of aliphatic hydroxyl groups is 1. The molecule has 1 saturated heterocycles. The van der Waals surface area contributed by atoms with Crippen LogP contribution in [0.15, 0.2) is 76.6 Å². The van der Waals surface area contributed by atoms with E-state index in [2.05, 4.69) is 20.8 Å². The van der Waals surface area contributed by atoms with Gasteiger partial charge in [-0.3, -0.25) is 4.79 Å². The van der Waals surface area contributed by atoms with Gasteiger partial charge in [-0.05, 0) is 79.5 Å². The number of halogens is 1. The molecule has 0 aliphatic carbocycles. The molecule has 0 saturated carbocycles. The largest absolute Gasteiger partial charge is 0.380 e. The third-order valence-corrected chi connectivity index (χ3v) is 7.79. The number of carbonyl (C=O) groups is 1. The number of thiophene rings is 1. The maximum atomic E-state index is 12.2. The first kappa shape index (κ1) is 22.4. The topological polar surface area (TPSA) is 40.5 Å². The predicted octanol–water partition coefficient (Wildman–Crippen LogP) is 6.12. The molecule has 1 aliphatic heterocycles. The van der Waals surface area contributed by atoms with Crippen LogP contribution in [0.3, 0.4) is 0 Å². The lowest BCUT2D eigenvalue weighted by molar-refractivity contribution is -0.0142. The minimum atomic E-state index is -0.997. The predicted molar refractivity (Wildman–Crippen MR) is 131 cm³/mol. The molecular weight excluding hydrogens is 470 g/mol. The van der Waals surface area contributed by atoms with Crippen molar-refractivity contribution in [3.05, 3.63) is 92.6 Å². The van der Waals surface area contributed by atoms with Gasteiger partial charge in [0.15, 0.2) is 5.78 Å². The van der Waals surface area contributed by atoms with Gasteiger partial charge in [-0.25, -0.2) is 0 Å². The average molecular weight is 498 g/mol. The second-order valence-corrected chi connectivity index (χ2v) is 10.1. The molecule has 0 amide bonds. The zero-order valence-electron chi connectivity index (χ0n) is 17.5.